The van der Waals surface area contributed by atoms with Gasteiger partial charge < -0.3 is 0 Å². The zero-order valence-corrected chi connectivity index (χ0v) is 19.2. The van der Waals surface area contributed by atoms with Gasteiger partial charge in [0.25, 0.3) is 0 Å². The molecule has 0 heterocycles. The Balaban J connectivity index is 0. The van der Waals surface area contributed by atoms with Crippen LogP contribution in [0.25, 0.3) is 0 Å². The van der Waals surface area contributed by atoms with Crippen molar-refractivity contribution in [3.63, 3.8) is 0 Å². The molecular weight excluding hydrogens is 497 g/mol. The predicted molar refractivity (Wildman–Crippen MR) is 41.9 cm³/mol. The summed E-state index contributed by atoms with van der Waals surface area (Å²) in [6.45, 7) is 9.24. The van der Waals surface area contributed by atoms with Gasteiger partial charge in [-0.15, -0.1) is 0 Å². The summed E-state index contributed by atoms with van der Waals surface area (Å²) in [6.07, 6.45) is 0. The first-order valence-corrected chi connectivity index (χ1v) is 20.4. The van der Waals surface area contributed by atoms with Gasteiger partial charge in [-0.25, -0.2) is 0 Å². The van der Waals surface area contributed by atoms with Crippen LogP contribution in [0, 0.1) is 0 Å². The fraction of sp³-hybridized carbons (Fsp3) is 1.00. The van der Waals surface area contributed by atoms with Crippen LogP contribution in [0.4, 0.5) is 0 Å². The molecule has 2 heteroatoms. The maximum absolute atomic E-state index is 2.31. The number of hydrogen-bond acceptors (Lipinski definition) is 0. The van der Waals surface area contributed by atoms with Crippen molar-refractivity contribution in [2.45, 2.75) is 43.4 Å². The molecule has 0 bridgehead atoms. The van der Waals surface area contributed by atoms with Gasteiger partial charge >= 0.3 is 92.6 Å². The average Bonchev–Trinajstić information content (AvgIpc) is 1.93. The molecule has 0 radical (unpaired) electrons. The normalized spacial score (nSPS) is 6.80. The van der Waals surface area contributed by atoms with Gasteiger partial charge in [-0.3, -0.25) is 0 Å². The minimum absolute atomic E-state index is 0.142. The second-order valence-corrected chi connectivity index (χ2v) is 23.8. The molecule has 0 amide bonds. The molecule has 56 valence electrons. The van der Waals surface area contributed by atoms with Gasteiger partial charge in [-0.05, 0) is 0 Å². The molecule has 0 saturated heterocycles. The molecule has 0 aliphatic carbocycles. The van der Waals surface area contributed by atoms with Crippen molar-refractivity contribution in [2.24, 2.45) is 0 Å². The van der Waals surface area contributed by atoms with E-state index in [1.807, 2.05) is 0 Å². The fourth-order valence-corrected chi connectivity index (χ4v) is 6.20. The summed E-state index contributed by atoms with van der Waals surface area (Å²) in [5.41, 5.74) is 0. The molecule has 0 saturated carbocycles. The third kappa shape index (κ3) is 22.5. The van der Waals surface area contributed by atoms with E-state index in [1.54, 1.807) is 15.7 Å². The first kappa shape index (κ1) is 14.4. The van der Waals surface area contributed by atoms with Crippen LogP contribution in [0.2, 0.25) is 15.7 Å². The monoisotopic (exact) mass is 520 g/mol. The Morgan fingerprint density at radius 3 is 0.800 bits per heavy atom. The molecule has 0 nitrogen and oxygen atoms in total. The van der Waals surface area contributed by atoms with E-state index < -0.39 is 0 Å². The molecule has 0 spiro atoms. The number of rotatable bonds is 4. The quantitative estimate of drug-likeness (QED) is 0.497. The standard InChI is InChI=1S/4C2H5.2Hg/c4*1-2;;/h4*1H2,2H3;;. The van der Waals surface area contributed by atoms with Crippen molar-refractivity contribution in [1.29, 1.82) is 0 Å². The minimum atomic E-state index is -0.142. The van der Waals surface area contributed by atoms with Crippen molar-refractivity contribution in [3.8, 4) is 0 Å². The fourth-order valence-electron chi connectivity index (χ4n) is 0.707. The summed E-state index contributed by atoms with van der Waals surface area (Å²) >= 11 is -0.284. The van der Waals surface area contributed by atoms with Crippen LogP contribution in [-0.4, -0.2) is 0 Å². The topological polar surface area (TPSA) is 0 Å². The molecule has 0 unspecified atom stereocenters. The first-order chi connectivity index (χ1) is 4.83. The van der Waals surface area contributed by atoms with E-state index in [9.17, 15) is 0 Å². The van der Waals surface area contributed by atoms with Crippen molar-refractivity contribution < 1.29 is 49.1 Å². The molecular formula is C8H20Hg2. The SMILES string of the molecule is C[CH2][Hg][CH2]C.C[CH2][Hg][CH2]C. The second kappa shape index (κ2) is 17.1. The average molecular weight is 517 g/mol. The molecule has 10 heavy (non-hydrogen) atoms. The molecule has 0 fully saturated rings. The van der Waals surface area contributed by atoms with E-state index in [0.717, 1.165) is 0 Å². The Morgan fingerprint density at radius 1 is 0.600 bits per heavy atom. The van der Waals surface area contributed by atoms with Gasteiger partial charge in [0.2, 0.25) is 0 Å². The van der Waals surface area contributed by atoms with Gasteiger partial charge in [0.05, 0.1) is 0 Å². The van der Waals surface area contributed by atoms with E-state index >= 15 is 0 Å². The van der Waals surface area contributed by atoms with Crippen molar-refractivity contribution in [3.05, 3.63) is 0 Å². The van der Waals surface area contributed by atoms with Crippen LogP contribution >= 0.6 is 0 Å². The van der Waals surface area contributed by atoms with E-state index in [4.69, 9.17) is 0 Å². The molecule has 0 aliphatic heterocycles. The predicted octanol–water partition coefficient (Wildman–Crippen LogP) is 3.89. The van der Waals surface area contributed by atoms with E-state index in [0.29, 0.717) is 0 Å². The van der Waals surface area contributed by atoms with Gasteiger partial charge in [0.1, 0.15) is 0 Å². The summed E-state index contributed by atoms with van der Waals surface area (Å²) in [7, 11) is 0. The zero-order chi connectivity index (χ0) is 8.24. The molecule has 0 aliphatic rings. The van der Waals surface area contributed by atoms with Crippen LogP contribution in [0.3, 0.4) is 0 Å². The molecule has 0 aromatic carbocycles. The molecule has 0 N–H and O–H groups in total. The van der Waals surface area contributed by atoms with Gasteiger partial charge in [-0.1, -0.05) is 0 Å². The second-order valence-electron chi connectivity index (χ2n) is 2.71. The van der Waals surface area contributed by atoms with Gasteiger partial charge in [0, 0.05) is 0 Å². The Labute approximate surface area is 91.4 Å². The van der Waals surface area contributed by atoms with Crippen molar-refractivity contribution >= 4 is 0 Å². The summed E-state index contributed by atoms with van der Waals surface area (Å²) < 4.78 is 6.26. The molecule has 0 atom stereocenters. The van der Waals surface area contributed by atoms with E-state index in [-0.39, 0.29) is 49.1 Å². The van der Waals surface area contributed by atoms with Crippen LogP contribution in [0.5, 0.6) is 0 Å². The van der Waals surface area contributed by atoms with Crippen LogP contribution in [0.15, 0.2) is 0 Å². The van der Waals surface area contributed by atoms with E-state index in [2.05, 4.69) is 27.7 Å². The summed E-state index contributed by atoms with van der Waals surface area (Å²) in [5.74, 6) is 0. The van der Waals surface area contributed by atoms with E-state index in [1.165, 1.54) is 0 Å². The Kier molecular flexibility index (Phi) is 24.6. The van der Waals surface area contributed by atoms with Crippen LogP contribution in [0.1, 0.15) is 27.7 Å². The Morgan fingerprint density at radius 2 is 0.800 bits per heavy atom. The molecule has 0 aromatic rings. The summed E-state index contributed by atoms with van der Waals surface area (Å²) in [6, 6.07) is 0. The third-order valence-corrected chi connectivity index (χ3v) is 12.4. The Hall–Kier alpha value is 1.87. The Bertz CT molecular complexity index is 28.2. The molecule has 0 rings (SSSR count). The third-order valence-electron chi connectivity index (χ3n) is 1.41. The summed E-state index contributed by atoms with van der Waals surface area (Å²) in [4.78, 5) is 0. The van der Waals surface area contributed by atoms with Crippen LogP contribution in [-0.2, 0) is 49.1 Å². The zero-order valence-electron chi connectivity index (χ0n) is 8.24. The number of hydrogen-bond donors (Lipinski definition) is 0. The van der Waals surface area contributed by atoms with Crippen LogP contribution < -0.4 is 0 Å². The van der Waals surface area contributed by atoms with Crippen molar-refractivity contribution in [1.82, 2.24) is 0 Å². The van der Waals surface area contributed by atoms with Gasteiger partial charge in [0.15, 0.2) is 0 Å². The van der Waals surface area contributed by atoms with Gasteiger partial charge in [-0.2, -0.15) is 0 Å². The first-order valence-electron chi connectivity index (χ1n) is 4.83. The molecule has 0 aromatic heterocycles. The summed E-state index contributed by atoms with van der Waals surface area (Å²) in [5, 5.41) is 0. The maximum atomic E-state index is 2.31. The van der Waals surface area contributed by atoms with Crippen molar-refractivity contribution in [2.75, 3.05) is 0 Å².